The number of carbonyl (C=O) groups is 1. The van der Waals surface area contributed by atoms with Crippen molar-refractivity contribution in [1.82, 2.24) is 10.1 Å². The van der Waals surface area contributed by atoms with Gasteiger partial charge in [0, 0.05) is 24.0 Å². The molecule has 1 aliphatic rings. The van der Waals surface area contributed by atoms with E-state index in [1.54, 1.807) is 6.07 Å². The Bertz CT molecular complexity index is 1350. The molecule has 36 heavy (non-hydrogen) atoms. The van der Waals surface area contributed by atoms with Crippen LogP contribution in [0.25, 0.3) is 28.4 Å². The molecular weight excluding hydrogens is 455 g/mol. The van der Waals surface area contributed by atoms with E-state index in [2.05, 4.69) is 54.9 Å². The molecule has 6 heteroatoms. The van der Waals surface area contributed by atoms with Crippen molar-refractivity contribution in [1.29, 1.82) is 0 Å². The van der Waals surface area contributed by atoms with Crippen LogP contribution in [-0.2, 0) is 6.42 Å². The summed E-state index contributed by atoms with van der Waals surface area (Å²) in [5.41, 5.74) is 6.46. The van der Waals surface area contributed by atoms with Crippen molar-refractivity contribution in [3.63, 3.8) is 0 Å². The summed E-state index contributed by atoms with van der Waals surface area (Å²) >= 11 is 0. The highest BCUT2D eigenvalue weighted by Crippen LogP contribution is 2.34. The Morgan fingerprint density at radius 2 is 1.97 bits per heavy atom. The maximum absolute atomic E-state index is 14.7. The Labute approximate surface area is 211 Å². The number of hydrogen-bond donors (Lipinski definition) is 1. The van der Waals surface area contributed by atoms with Crippen LogP contribution in [0.5, 0.6) is 0 Å². The summed E-state index contributed by atoms with van der Waals surface area (Å²) in [5, 5.41) is 13.2. The summed E-state index contributed by atoms with van der Waals surface area (Å²) in [6.45, 7) is 7.71. The zero-order valence-corrected chi connectivity index (χ0v) is 20.8. The first kappa shape index (κ1) is 25.3. The molecule has 0 atom stereocenters. The normalized spacial score (nSPS) is 13.3. The zero-order valence-electron chi connectivity index (χ0n) is 20.8. The van der Waals surface area contributed by atoms with E-state index in [4.69, 9.17) is 9.63 Å². The average molecular weight is 487 g/mol. The molecule has 0 saturated heterocycles. The first-order valence-electron chi connectivity index (χ1n) is 12.4. The molecule has 0 spiro atoms. The molecule has 2 aromatic carbocycles. The van der Waals surface area contributed by atoms with Gasteiger partial charge in [-0.25, -0.2) is 4.39 Å². The topological polar surface area (TPSA) is 76.2 Å². The van der Waals surface area contributed by atoms with Crippen molar-refractivity contribution < 1.29 is 18.8 Å². The molecule has 1 heterocycles. The van der Waals surface area contributed by atoms with E-state index in [1.807, 2.05) is 6.07 Å². The number of aromatic nitrogens is 2. The first-order chi connectivity index (χ1) is 17.4. The van der Waals surface area contributed by atoms with Crippen molar-refractivity contribution in [2.24, 2.45) is 0 Å². The number of allylic oxidation sites excluding steroid dienone is 5. The number of Topliss-reactive ketones (excluding diaryl/α,β-unsaturated/α-hetero) is 1. The molecule has 5 nitrogen and oxygen atoms in total. The van der Waals surface area contributed by atoms with Crippen LogP contribution in [0, 0.1) is 5.82 Å². The van der Waals surface area contributed by atoms with Crippen LogP contribution in [0.2, 0.25) is 0 Å². The third-order valence-electron chi connectivity index (χ3n) is 6.42. The molecule has 3 aromatic rings. The summed E-state index contributed by atoms with van der Waals surface area (Å²) in [4.78, 5) is 16.8. The van der Waals surface area contributed by atoms with Crippen LogP contribution in [-0.4, -0.2) is 21.0 Å². The minimum atomic E-state index is -0.633. The van der Waals surface area contributed by atoms with Crippen LogP contribution >= 0.6 is 0 Å². The van der Waals surface area contributed by atoms with Crippen molar-refractivity contribution in [2.75, 3.05) is 0 Å². The van der Waals surface area contributed by atoms with E-state index in [-0.39, 0.29) is 29.4 Å². The van der Waals surface area contributed by atoms with Gasteiger partial charge >= 0.3 is 0 Å². The highest BCUT2D eigenvalue weighted by molar-refractivity contribution is 5.96. The van der Waals surface area contributed by atoms with E-state index < -0.39 is 5.82 Å². The van der Waals surface area contributed by atoms with Crippen LogP contribution in [0.15, 0.2) is 71.0 Å². The van der Waals surface area contributed by atoms with E-state index in [0.29, 0.717) is 24.3 Å². The predicted octanol–water partition coefficient (Wildman–Crippen LogP) is 8.04. The quantitative estimate of drug-likeness (QED) is 0.232. The number of aryl methyl sites for hydroxylation is 1. The second-order valence-electron chi connectivity index (χ2n) is 9.19. The highest BCUT2D eigenvalue weighted by Gasteiger charge is 2.18. The fraction of sp³-hybridized carbons (Fsp3) is 0.300. The first-order valence-corrected chi connectivity index (χ1v) is 12.4. The monoisotopic (exact) mass is 486 g/mol. The number of benzene rings is 2. The number of aliphatic hydroxyl groups excluding tert-OH is 1. The SMILES string of the molecule is C=C(O)CCCC(=O)c1ccc(-c2noc(-c3ccc(C4=C(C)C=CCC4)c(CCC)c3)n2)cc1F. The van der Waals surface area contributed by atoms with Gasteiger partial charge in [-0.15, -0.1) is 0 Å². The summed E-state index contributed by atoms with van der Waals surface area (Å²) in [5.74, 6) is -0.311. The molecule has 0 saturated carbocycles. The predicted molar refractivity (Wildman–Crippen MR) is 140 cm³/mol. The fourth-order valence-electron chi connectivity index (χ4n) is 4.56. The lowest BCUT2D eigenvalue weighted by atomic mass is 9.87. The van der Waals surface area contributed by atoms with Gasteiger partial charge in [0.05, 0.1) is 11.3 Å². The number of hydrogen-bond acceptors (Lipinski definition) is 5. The van der Waals surface area contributed by atoms with Gasteiger partial charge in [-0.1, -0.05) is 49.4 Å². The third kappa shape index (κ3) is 5.70. The molecule has 0 bridgehead atoms. The van der Waals surface area contributed by atoms with Gasteiger partial charge in [-0.05, 0) is 79.1 Å². The molecular formula is C30H31FN2O3. The second kappa shape index (κ2) is 11.3. The zero-order chi connectivity index (χ0) is 25.7. The van der Waals surface area contributed by atoms with E-state index in [1.165, 1.54) is 34.4 Å². The smallest absolute Gasteiger partial charge is 0.258 e. The van der Waals surface area contributed by atoms with Crippen molar-refractivity contribution in [3.05, 3.63) is 89.0 Å². The van der Waals surface area contributed by atoms with Gasteiger partial charge in [0.2, 0.25) is 5.82 Å². The van der Waals surface area contributed by atoms with Gasteiger partial charge in [-0.2, -0.15) is 4.98 Å². The summed E-state index contributed by atoms with van der Waals surface area (Å²) < 4.78 is 20.2. The third-order valence-corrected chi connectivity index (χ3v) is 6.42. The van der Waals surface area contributed by atoms with E-state index >= 15 is 0 Å². The molecule has 0 fully saturated rings. The van der Waals surface area contributed by atoms with Gasteiger partial charge in [0.1, 0.15) is 5.82 Å². The second-order valence-corrected chi connectivity index (χ2v) is 9.19. The maximum atomic E-state index is 14.7. The van der Waals surface area contributed by atoms with Crippen LogP contribution < -0.4 is 0 Å². The molecule has 1 aliphatic carbocycles. The minimum Gasteiger partial charge on any atom is -0.513 e. The number of ketones is 1. The standard InChI is InChI=1S/C30H31FN2O3/c1-4-8-21-17-23(14-15-25(21)24-11-6-5-9-19(24)2)30-32-29(33-36-30)22-13-16-26(27(31)18-22)28(35)12-7-10-20(3)34/h5,9,13-18,34H,3-4,6-8,10-12H2,1-2H3. The maximum Gasteiger partial charge on any atom is 0.258 e. The van der Waals surface area contributed by atoms with Gasteiger partial charge in [-0.3, -0.25) is 4.79 Å². The van der Waals surface area contributed by atoms with Crippen molar-refractivity contribution >= 4 is 11.4 Å². The Morgan fingerprint density at radius 1 is 1.17 bits per heavy atom. The Morgan fingerprint density at radius 3 is 2.69 bits per heavy atom. The molecule has 186 valence electrons. The molecule has 4 rings (SSSR count). The Balaban J connectivity index is 1.57. The lowest BCUT2D eigenvalue weighted by Gasteiger charge is -2.18. The molecule has 0 radical (unpaired) electrons. The lowest BCUT2D eigenvalue weighted by molar-refractivity contribution is 0.0975. The Hall–Kier alpha value is -3.80. The van der Waals surface area contributed by atoms with Gasteiger partial charge in [0.25, 0.3) is 5.89 Å². The number of aliphatic hydroxyl groups is 1. The average Bonchev–Trinajstić information content (AvgIpc) is 3.35. The number of nitrogens with zero attached hydrogens (tertiary/aromatic N) is 2. The molecule has 0 unspecified atom stereocenters. The summed E-state index contributed by atoms with van der Waals surface area (Å²) in [6.07, 6.45) is 9.30. The molecule has 0 amide bonds. The highest BCUT2D eigenvalue weighted by atomic mass is 19.1. The van der Waals surface area contributed by atoms with Crippen LogP contribution in [0.4, 0.5) is 4.39 Å². The summed E-state index contributed by atoms with van der Waals surface area (Å²) in [6, 6.07) is 10.6. The van der Waals surface area contributed by atoms with E-state index in [0.717, 1.165) is 31.2 Å². The van der Waals surface area contributed by atoms with Crippen LogP contribution in [0.1, 0.15) is 73.9 Å². The molecule has 1 aromatic heterocycles. The number of rotatable bonds is 10. The summed E-state index contributed by atoms with van der Waals surface area (Å²) in [7, 11) is 0. The lowest BCUT2D eigenvalue weighted by Crippen LogP contribution is -2.03. The van der Waals surface area contributed by atoms with E-state index in [9.17, 15) is 9.18 Å². The van der Waals surface area contributed by atoms with Crippen LogP contribution in [0.3, 0.4) is 0 Å². The van der Waals surface area contributed by atoms with Crippen molar-refractivity contribution in [2.45, 2.75) is 58.8 Å². The van der Waals surface area contributed by atoms with Crippen molar-refractivity contribution in [3.8, 4) is 22.8 Å². The van der Waals surface area contributed by atoms with Gasteiger partial charge in [0.15, 0.2) is 5.78 Å². The molecule has 0 aliphatic heterocycles. The number of halogens is 1. The Kier molecular flexibility index (Phi) is 7.93. The number of carbonyl (C=O) groups excluding carboxylic acids is 1. The van der Waals surface area contributed by atoms with Gasteiger partial charge < -0.3 is 9.63 Å². The molecule has 1 N–H and O–H groups in total. The fourth-order valence-corrected chi connectivity index (χ4v) is 4.56. The minimum absolute atomic E-state index is 0.00738. The largest absolute Gasteiger partial charge is 0.513 e.